The monoisotopic (exact) mass is 615 g/mol. The van der Waals surface area contributed by atoms with Crippen LogP contribution in [-0.2, 0) is 16.1 Å². The van der Waals surface area contributed by atoms with E-state index < -0.39 is 0 Å². The Bertz CT molecular complexity index is 1320. The van der Waals surface area contributed by atoms with E-state index in [9.17, 15) is 14.4 Å². The Kier molecular flexibility index (Phi) is 6.85. The maximum Gasteiger partial charge on any atom is 0.317 e. The van der Waals surface area contributed by atoms with E-state index >= 15 is 0 Å². The average Bonchev–Trinajstić information content (AvgIpc) is 3.13. The number of hydrogen-bond acceptors (Lipinski definition) is 6. The maximum absolute atomic E-state index is 13.5. The summed E-state index contributed by atoms with van der Waals surface area (Å²) in [6, 6.07) is 10.5. The molecule has 4 saturated carbocycles. The van der Waals surface area contributed by atoms with E-state index in [4.69, 9.17) is 21.1 Å². The molecule has 0 spiro atoms. The van der Waals surface area contributed by atoms with Crippen molar-refractivity contribution in [1.29, 1.82) is 0 Å². The Balaban J connectivity index is 1.21. The molecule has 2 amide bonds. The van der Waals surface area contributed by atoms with Crippen LogP contribution in [0.25, 0.3) is 6.08 Å². The van der Waals surface area contributed by atoms with Crippen molar-refractivity contribution in [1.82, 2.24) is 4.90 Å². The van der Waals surface area contributed by atoms with Crippen LogP contribution in [0.3, 0.4) is 0 Å². The number of thioether (sulfide) groups is 1. The molecule has 2 aromatic carbocycles. The summed E-state index contributed by atoms with van der Waals surface area (Å²) in [4.78, 5) is 40.7. The average molecular weight is 617 g/mol. The predicted molar refractivity (Wildman–Crippen MR) is 150 cm³/mol. The van der Waals surface area contributed by atoms with Crippen LogP contribution in [0.5, 0.6) is 11.5 Å². The number of methoxy groups -OCH3 is 1. The number of carbonyl (C=O) groups excluding carboxylic acids is 3. The molecule has 4 aliphatic carbocycles. The van der Waals surface area contributed by atoms with Crippen LogP contribution in [0.4, 0.5) is 4.79 Å². The van der Waals surface area contributed by atoms with Crippen molar-refractivity contribution >= 4 is 62.5 Å². The highest BCUT2D eigenvalue weighted by Crippen LogP contribution is 2.60. The highest BCUT2D eigenvalue weighted by atomic mass is 79.9. The summed E-state index contributed by atoms with van der Waals surface area (Å²) in [5.74, 6) is 2.13. The van der Waals surface area contributed by atoms with Gasteiger partial charge >= 0.3 is 5.97 Å². The van der Waals surface area contributed by atoms with Gasteiger partial charge in [0.25, 0.3) is 11.1 Å². The Morgan fingerprint density at radius 2 is 1.74 bits per heavy atom. The summed E-state index contributed by atoms with van der Waals surface area (Å²) < 4.78 is 12.2. The molecule has 1 aliphatic heterocycles. The first kappa shape index (κ1) is 26.0. The molecule has 0 radical (unpaired) electrons. The van der Waals surface area contributed by atoms with E-state index in [-0.39, 0.29) is 29.1 Å². The summed E-state index contributed by atoms with van der Waals surface area (Å²) in [5.41, 5.74) is 1.08. The molecule has 1 saturated heterocycles. The van der Waals surface area contributed by atoms with Crippen LogP contribution in [0.15, 0.2) is 45.8 Å². The second kappa shape index (κ2) is 10.0. The van der Waals surface area contributed by atoms with Crippen molar-refractivity contribution in [3.63, 3.8) is 0 Å². The first-order chi connectivity index (χ1) is 18.2. The number of benzene rings is 2. The van der Waals surface area contributed by atoms with E-state index in [0.29, 0.717) is 49.2 Å². The summed E-state index contributed by atoms with van der Waals surface area (Å²) in [6.45, 7) is 0.172. The third-order valence-electron chi connectivity index (χ3n) is 8.34. The fourth-order valence-electron chi connectivity index (χ4n) is 7.04. The Labute approximate surface area is 239 Å². The first-order valence-corrected chi connectivity index (χ1v) is 14.8. The molecule has 9 heteroatoms. The first-order valence-electron chi connectivity index (χ1n) is 12.8. The van der Waals surface area contributed by atoms with E-state index in [0.717, 1.165) is 36.6 Å². The zero-order valence-electron chi connectivity index (χ0n) is 20.9. The van der Waals surface area contributed by atoms with Gasteiger partial charge in [-0.05, 0) is 125 Å². The number of nitrogens with zero attached hydrogens (tertiary/aromatic N) is 1. The third kappa shape index (κ3) is 4.80. The summed E-state index contributed by atoms with van der Waals surface area (Å²) in [7, 11) is 1.52. The van der Waals surface area contributed by atoms with Crippen LogP contribution in [0.2, 0.25) is 5.02 Å². The molecule has 38 heavy (non-hydrogen) atoms. The fraction of sp³-hybridized carbons (Fsp3) is 0.414. The molecule has 5 aliphatic rings. The third-order valence-corrected chi connectivity index (χ3v) is 10.1. The number of esters is 1. The molecule has 0 atom stereocenters. The van der Waals surface area contributed by atoms with Gasteiger partial charge in [-0.3, -0.25) is 19.3 Å². The second-order valence-corrected chi connectivity index (χ2v) is 13.3. The predicted octanol–water partition coefficient (Wildman–Crippen LogP) is 7.47. The van der Waals surface area contributed by atoms with Crippen LogP contribution < -0.4 is 9.47 Å². The Hall–Kier alpha value is -2.29. The van der Waals surface area contributed by atoms with E-state index in [2.05, 4.69) is 15.9 Å². The SMILES string of the molecule is COc1cc(/C=C2\SC(=O)N(Cc3ccc(Cl)cc3)C2=O)cc(Br)c1OC(=O)C12CC3CC(CC(C3)C1)C2. The number of carbonyl (C=O) groups is 3. The number of hydrogen-bond donors (Lipinski definition) is 0. The minimum absolute atomic E-state index is 0.160. The van der Waals surface area contributed by atoms with Crippen LogP contribution in [0.1, 0.15) is 49.7 Å². The quantitative estimate of drug-likeness (QED) is 0.190. The van der Waals surface area contributed by atoms with Gasteiger partial charge in [0.05, 0.1) is 28.4 Å². The lowest BCUT2D eigenvalue weighted by atomic mass is 9.49. The van der Waals surface area contributed by atoms with Gasteiger partial charge in [0.1, 0.15) is 0 Å². The standard InChI is InChI=1S/C29H27BrClNO5S/c1-36-23-10-17(11-24-26(33)32(28(35)38-24)15-16-2-4-21(31)5-3-16)9-22(30)25(23)37-27(34)29-12-18-6-19(13-29)8-20(7-18)14-29/h2-5,9-11,18-20H,6-8,12-15H2,1H3/b24-11-. The molecule has 0 N–H and O–H groups in total. The van der Waals surface area contributed by atoms with Gasteiger partial charge in [-0.25, -0.2) is 0 Å². The minimum Gasteiger partial charge on any atom is -0.493 e. The van der Waals surface area contributed by atoms with Gasteiger partial charge in [-0.1, -0.05) is 23.7 Å². The van der Waals surface area contributed by atoms with Gasteiger partial charge in [-0.15, -0.1) is 0 Å². The van der Waals surface area contributed by atoms with Gasteiger partial charge in [0.2, 0.25) is 0 Å². The number of imide groups is 1. The van der Waals surface area contributed by atoms with Crippen LogP contribution in [0, 0.1) is 23.2 Å². The van der Waals surface area contributed by atoms with Crippen LogP contribution >= 0.6 is 39.3 Å². The number of halogens is 2. The molecule has 5 fully saturated rings. The Morgan fingerprint density at radius 1 is 1.11 bits per heavy atom. The van der Waals surface area contributed by atoms with E-state index in [1.807, 2.05) is 0 Å². The van der Waals surface area contributed by atoms with Gasteiger partial charge in [-0.2, -0.15) is 0 Å². The highest BCUT2D eigenvalue weighted by Gasteiger charge is 2.55. The molecular formula is C29H27BrClNO5S. The largest absolute Gasteiger partial charge is 0.493 e. The zero-order valence-corrected chi connectivity index (χ0v) is 24.0. The van der Waals surface area contributed by atoms with Crippen molar-refractivity contribution in [2.75, 3.05) is 7.11 Å². The lowest BCUT2D eigenvalue weighted by molar-refractivity contribution is -0.161. The van der Waals surface area contributed by atoms with Crippen molar-refractivity contribution in [3.8, 4) is 11.5 Å². The normalized spacial score (nSPS) is 28.9. The van der Waals surface area contributed by atoms with Crippen LogP contribution in [-0.4, -0.2) is 29.1 Å². The lowest BCUT2D eigenvalue weighted by Crippen LogP contribution is -2.51. The molecular weight excluding hydrogens is 590 g/mol. The Morgan fingerprint density at radius 3 is 2.34 bits per heavy atom. The molecule has 6 nitrogen and oxygen atoms in total. The van der Waals surface area contributed by atoms with Crippen molar-refractivity contribution in [2.45, 2.75) is 45.1 Å². The topological polar surface area (TPSA) is 72.9 Å². The van der Waals surface area contributed by atoms with Crippen molar-refractivity contribution < 1.29 is 23.9 Å². The van der Waals surface area contributed by atoms with E-state index in [1.54, 1.807) is 42.5 Å². The second-order valence-electron chi connectivity index (χ2n) is 11.0. The molecule has 0 aromatic heterocycles. The zero-order chi connectivity index (χ0) is 26.6. The highest BCUT2D eigenvalue weighted by molar-refractivity contribution is 9.10. The van der Waals surface area contributed by atoms with Crippen molar-refractivity contribution in [3.05, 3.63) is 61.9 Å². The number of ether oxygens (including phenoxy) is 2. The smallest absolute Gasteiger partial charge is 0.317 e. The van der Waals surface area contributed by atoms with Gasteiger partial charge < -0.3 is 9.47 Å². The minimum atomic E-state index is -0.388. The molecule has 4 bridgehead atoms. The summed E-state index contributed by atoms with van der Waals surface area (Å²) >= 11 is 10.4. The summed E-state index contributed by atoms with van der Waals surface area (Å²) in [6.07, 6.45) is 8.16. The molecule has 0 unspecified atom stereocenters. The molecule has 7 rings (SSSR count). The van der Waals surface area contributed by atoms with Crippen molar-refractivity contribution in [2.24, 2.45) is 23.2 Å². The number of rotatable bonds is 6. The molecule has 1 heterocycles. The van der Waals surface area contributed by atoms with Gasteiger partial charge in [0.15, 0.2) is 11.5 Å². The maximum atomic E-state index is 13.5. The molecule has 2 aromatic rings. The van der Waals surface area contributed by atoms with E-state index in [1.165, 1.54) is 31.3 Å². The summed E-state index contributed by atoms with van der Waals surface area (Å²) in [5, 5.41) is 0.262. The van der Waals surface area contributed by atoms with Gasteiger partial charge in [0, 0.05) is 5.02 Å². The number of amides is 2. The fourth-order valence-corrected chi connectivity index (χ4v) is 8.55. The lowest BCUT2D eigenvalue weighted by Gasteiger charge is -2.55. The molecule has 198 valence electrons.